The van der Waals surface area contributed by atoms with E-state index in [4.69, 9.17) is 5.11 Å². The van der Waals surface area contributed by atoms with Gasteiger partial charge in [-0.2, -0.15) is 8.78 Å². The zero-order chi connectivity index (χ0) is 21.0. The number of halogens is 2. The Balaban J connectivity index is 2.27. The first-order chi connectivity index (χ1) is 13.3. The maximum atomic E-state index is 13.8. The summed E-state index contributed by atoms with van der Waals surface area (Å²) >= 11 is 0. The Kier molecular flexibility index (Phi) is 11.5. The van der Waals surface area contributed by atoms with E-state index >= 15 is 0 Å². The Morgan fingerprint density at radius 1 is 1.00 bits per heavy atom. The van der Waals surface area contributed by atoms with Crippen molar-refractivity contribution in [2.45, 2.75) is 109 Å². The molecule has 6 heteroatoms. The van der Waals surface area contributed by atoms with E-state index in [0.717, 1.165) is 38.5 Å². The Morgan fingerprint density at radius 3 is 2.29 bits per heavy atom. The third-order valence-electron chi connectivity index (χ3n) is 5.89. The van der Waals surface area contributed by atoms with Gasteiger partial charge in [-0.05, 0) is 38.0 Å². The Hall–Kier alpha value is -1.33. The molecular weight excluding hydrogens is 366 g/mol. The van der Waals surface area contributed by atoms with E-state index in [0.29, 0.717) is 38.5 Å². The summed E-state index contributed by atoms with van der Waals surface area (Å²) < 4.78 is 27.6. The lowest BCUT2D eigenvalue weighted by Gasteiger charge is -2.20. The molecule has 0 amide bonds. The van der Waals surface area contributed by atoms with Crippen LogP contribution in [0, 0.1) is 11.8 Å². The van der Waals surface area contributed by atoms with Gasteiger partial charge in [0, 0.05) is 31.6 Å². The normalized spacial score (nSPS) is 19.9. The Labute approximate surface area is 167 Å². The lowest BCUT2D eigenvalue weighted by Crippen LogP contribution is -2.29. The molecule has 0 heterocycles. The number of carboxylic acids is 1. The number of alkyl halides is 2. The van der Waals surface area contributed by atoms with Gasteiger partial charge in [0.25, 0.3) is 0 Å². The minimum absolute atomic E-state index is 0.0639. The summed E-state index contributed by atoms with van der Waals surface area (Å²) in [4.78, 5) is 34.5. The second-order valence-corrected chi connectivity index (χ2v) is 8.20. The van der Waals surface area contributed by atoms with E-state index in [2.05, 4.69) is 0 Å². The molecule has 1 N–H and O–H groups in total. The number of ketones is 2. The van der Waals surface area contributed by atoms with Gasteiger partial charge < -0.3 is 5.11 Å². The van der Waals surface area contributed by atoms with Gasteiger partial charge in [0.05, 0.1) is 0 Å². The second-order valence-electron chi connectivity index (χ2n) is 8.20. The van der Waals surface area contributed by atoms with Gasteiger partial charge in [-0.1, -0.05) is 45.4 Å². The molecule has 0 aromatic heterocycles. The van der Waals surface area contributed by atoms with Crippen LogP contribution in [0.5, 0.6) is 0 Å². The van der Waals surface area contributed by atoms with Crippen molar-refractivity contribution in [3.63, 3.8) is 0 Å². The van der Waals surface area contributed by atoms with Gasteiger partial charge in [0.1, 0.15) is 5.78 Å². The van der Waals surface area contributed by atoms with Crippen molar-refractivity contribution in [1.29, 1.82) is 0 Å². The monoisotopic (exact) mass is 402 g/mol. The number of Topliss-reactive ketones (excluding diaryl/α,β-unsaturated/α-hetero) is 2. The molecule has 1 fully saturated rings. The largest absolute Gasteiger partial charge is 0.481 e. The minimum Gasteiger partial charge on any atom is -0.481 e. The summed E-state index contributed by atoms with van der Waals surface area (Å²) in [6.45, 7) is 1.82. The highest BCUT2D eigenvalue weighted by molar-refractivity contribution is 5.86. The van der Waals surface area contributed by atoms with Crippen LogP contribution in [0.4, 0.5) is 8.78 Å². The fourth-order valence-electron chi connectivity index (χ4n) is 4.10. The van der Waals surface area contributed by atoms with Crippen molar-refractivity contribution in [3.8, 4) is 0 Å². The van der Waals surface area contributed by atoms with E-state index in [-0.39, 0.29) is 36.9 Å². The van der Waals surface area contributed by atoms with Gasteiger partial charge >= 0.3 is 11.9 Å². The van der Waals surface area contributed by atoms with Crippen LogP contribution in [0.3, 0.4) is 0 Å². The standard InChI is InChI=1S/C22H36F2O4/c1-2-3-16-22(23,24)20(26)15-13-17-12-14-19(25)18(17)10-8-6-4-5-7-9-11-21(27)28/h17-18H,2-16H2,1H3,(H,27,28)/t17-,18?/m1/s1. The number of hydrogen-bond donors (Lipinski definition) is 1. The van der Waals surface area contributed by atoms with Gasteiger partial charge in [0.15, 0.2) is 0 Å². The van der Waals surface area contributed by atoms with Crippen LogP contribution >= 0.6 is 0 Å². The van der Waals surface area contributed by atoms with Crippen LogP contribution in [0.25, 0.3) is 0 Å². The molecule has 1 aliphatic rings. The Morgan fingerprint density at radius 2 is 1.64 bits per heavy atom. The molecular formula is C22H36F2O4. The third-order valence-corrected chi connectivity index (χ3v) is 5.89. The summed E-state index contributed by atoms with van der Waals surface area (Å²) in [5.41, 5.74) is 0. The first-order valence-electron chi connectivity index (χ1n) is 10.9. The number of hydrogen-bond acceptors (Lipinski definition) is 3. The van der Waals surface area contributed by atoms with Crippen molar-refractivity contribution >= 4 is 17.5 Å². The van der Waals surface area contributed by atoms with Crippen molar-refractivity contribution in [2.75, 3.05) is 0 Å². The predicted octanol–water partition coefficient (Wildman–Crippen LogP) is 5.96. The van der Waals surface area contributed by atoms with Crippen LogP contribution in [0.15, 0.2) is 0 Å². The first-order valence-corrected chi connectivity index (χ1v) is 10.9. The zero-order valence-corrected chi connectivity index (χ0v) is 17.2. The number of carboxylic acid groups (broad SMARTS) is 1. The van der Waals surface area contributed by atoms with Crippen LogP contribution in [0.2, 0.25) is 0 Å². The van der Waals surface area contributed by atoms with E-state index in [1.165, 1.54) is 0 Å². The summed E-state index contributed by atoms with van der Waals surface area (Å²) in [6.07, 6.45) is 8.64. The third kappa shape index (κ3) is 9.24. The molecule has 1 aliphatic carbocycles. The van der Waals surface area contributed by atoms with E-state index < -0.39 is 17.7 Å². The first kappa shape index (κ1) is 24.7. The van der Waals surface area contributed by atoms with Crippen LogP contribution in [0.1, 0.15) is 103 Å². The van der Waals surface area contributed by atoms with Gasteiger partial charge in [0.2, 0.25) is 5.78 Å². The van der Waals surface area contributed by atoms with Crippen LogP contribution in [-0.2, 0) is 14.4 Å². The lowest BCUT2D eigenvalue weighted by atomic mass is 9.85. The topological polar surface area (TPSA) is 71.4 Å². The molecule has 0 aliphatic heterocycles. The molecule has 0 saturated heterocycles. The minimum atomic E-state index is -3.23. The van der Waals surface area contributed by atoms with Crippen molar-refractivity contribution in [1.82, 2.24) is 0 Å². The fourth-order valence-corrected chi connectivity index (χ4v) is 4.10. The summed E-state index contributed by atoms with van der Waals surface area (Å²) in [5, 5.41) is 8.59. The summed E-state index contributed by atoms with van der Waals surface area (Å²) in [6, 6.07) is 0. The Bertz CT molecular complexity index is 505. The highest BCUT2D eigenvalue weighted by Crippen LogP contribution is 2.37. The molecule has 28 heavy (non-hydrogen) atoms. The maximum Gasteiger partial charge on any atom is 0.305 e. The molecule has 1 saturated carbocycles. The van der Waals surface area contributed by atoms with Crippen molar-refractivity contribution in [2.24, 2.45) is 11.8 Å². The predicted molar refractivity (Wildman–Crippen MR) is 105 cm³/mol. The molecule has 1 unspecified atom stereocenters. The average molecular weight is 403 g/mol. The molecule has 0 aromatic rings. The molecule has 162 valence electrons. The molecule has 1 rings (SSSR count). The molecule has 2 atom stereocenters. The summed E-state index contributed by atoms with van der Waals surface area (Å²) in [5.74, 6) is -4.75. The molecule has 0 spiro atoms. The number of aliphatic carboxylic acids is 1. The number of unbranched alkanes of at least 4 members (excludes halogenated alkanes) is 6. The zero-order valence-electron chi connectivity index (χ0n) is 17.2. The maximum absolute atomic E-state index is 13.8. The van der Waals surface area contributed by atoms with Crippen LogP contribution in [-0.4, -0.2) is 28.6 Å². The number of carbonyl (C=O) groups is 3. The second kappa shape index (κ2) is 13.0. The smallest absolute Gasteiger partial charge is 0.305 e. The highest BCUT2D eigenvalue weighted by atomic mass is 19.3. The van der Waals surface area contributed by atoms with Gasteiger partial charge in [-0.25, -0.2) is 0 Å². The average Bonchev–Trinajstić information content (AvgIpc) is 2.99. The van der Waals surface area contributed by atoms with Gasteiger partial charge in [-0.3, -0.25) is 14.4 Å². The number of rotatable bonds is 16. The molecule has 0 bridgehead atoms. The fraction of sp³-hybridized carbons (Fsp3) is 0.864. The summed E-state index contributed by atoms with van der Waals surface area (Å²) in [7, 11) is 0. The van der Waals surface area contributed by atoms with Crippen LogP contribution < -0.4 is 0 Å². The van der Waals surface area contributed by atoms with Crippen molar-refractivity contribution in [3.05, 3.63) is 0 Å². The number of carbonyl (C=O) groups excluding carboxylic acids is 2. The van der Waals surface area contributed by atoms with E-state index in [1.807, 2.05) is 6.92 Å². The SMILES string of the molecule is CCCCC(F)(F)C(=O)CC[C@H]1CCC(=O)C1CCCCCCCCC(=O)O. The highest BCUT2D eigenvalue weighted by Gasteiger charge is 2.39. The molecule has 0 aromatic carbocycles. The van der Waals surface area contributed by atoms with Crippen molar-refractivity contribution < 1.29 is 28.3 Å². The molecule has 4 nitrogen and oxygen atoms in total. The quantitative estimate of drug-likeness (QED) is 0.323. The lowest BCUT2D eigenvalue weighted by molar-refractivity contribution is -0.144. The van der Waals surface area contributed by atoms with Gasteiger partial charge in [-0.15, -0.1) is 0 Å². The van der Waals surface area contributed by atoms with E-state index in [1.54, 1.807) is 0 Å². The van der Waals surface area contributed by atoms with E-state index in [9.17, 15) is 23.2 Å². The molecule has 0 radical (unpaired) electrons.